The predicted octanol–water partition coefficient (Wildman–Crippen LogP) is 2.42. The van der Waals surface area contributed by atoms with E-state index >= 15 is 0 Å². The van der Waals surface area contributed by atoms with Gasteiger partial charge >= 0.3 is 5.97 Å². The zero-order valence-electron chi connectivity index (χ0n) is 11.1. The molecule has 2 rings (SSSR count). The van der Waals surface area contributed by atoms with E-state index < -0.39 is 5.97 Å². The van der Waals surface area contributed by atoms with Gasteiger partial charge in [-0.1, -0.05) is 6.07 Å². The quantitative estimate of drug-likeness (QED) is 0.648. The molecule has 108 valence electrons. The van der Waals surface area contributed by atoms with Crippen molar-refractivity contribution in [1.29, 1.82) is 0 Å². The first-order valence-electron chi connectivity index (χ1n) is 6.06. The highest BCUT2D eigenvalue weighted by Crippen LogP contribution is 2.34. The number of benzene rings is 2. The number of rotatable bonds is 3. The van der Waals surface area contributed by atoms with Crippen LogP contribution in [0, 0.1) is 0 Å². The zero-order chi connectivity index (χ0) is 15.6. The fraction of sp³-hybridized carbons (Fsp3) is 0.0667. The second-order valence-corrected chi connectivity index (χ2v) is 4.45. The SMILES string of the molecule is CC(=O)Nc1ccc(O)c(-c2ccc(O)c(C(=O)O)c2)c1. The second kappa shape index (κ2) is 5.54. The van der Waals surface area contributed by atoms with E-state index in [1.165, 1.54) is 43.3 Å². The van der Waals surface area contributed by atoms with Crippen molar-refractivity contribution in [3.8, 4) is 22.6 Å². The average Bonchev–Trinajstić information content (AvgIpc) is 2.41. The molecule has 21 heavy (non-hydrogen) atoms. The van der Waals surface area contributed by atoms with Crippen LogP contribution in [0.15, 0.2) is 36.4 Å². The number of hydrogen-bond acceptors (Lipinski definition) is 4. The van der Waals surface area contributed by atoms with E-state index in [2.05, 4.69) is 5.32 Å². The van der Waals surface area contributed by atoms with Gasteiger partial charge in [-0.15, -0.1) is 0 Å². The molecule has 0 aliphatic heterocycles. The van der Waals surface area contributed by atoms with Crippen LogP contribution < -0.4 is 5.32 Å². The summed E-state index contributed by atoms with van der Waals surface area (Å²) in [4.78, 5) is 22.1. The van der Waals surface area contributed by atoms with Crippen LogP contribution in [0.3, 0.4) is 0 Å². The molecule has 0 unspecified atom stereocenters. The van der Waals surface area contributed by atoms with Crippen molar-refractivity contribution in [2.24, 2.45) is 0 Å². The monoisotopic (exact) mass is 287 g/mol. The summed E-state index contributed by atoms with van der Waals surface area (Å²) >= 11 is 0. The fourth-order valence-corrected chi connectivity index (χ4v) is 1.92. The number of hydrogen-bond donors (Lipinski definition) is 4. The first-order valence-corrected chi connectivity index (χ1v) is 6.06. The average molecular weight is 287 g/mol. The number of aromatic carboxylic acids is 1. The van der Waals surface area contributed by atoms with E-state index in [-0.39, 0.29) is 23.0 Å². The van der Waals surface area contributed by atoms with Crippen molar-refractivity contribution in [1.82, 2.24) is 0 Å². The molecule has 0 bridgehead atoms. The van der Waals surface area contributed by atoms with E-state index in [0.29, 0.717) is 16.8 Å². The number of aromatic hydroxyl groups is 2. The molecular formula is C15H13NO5. The number of carbonyl (C=O) groups excluding carboxylic acids is 1. The lowest BCUT2D eigenvalue weighted by atomic mass is 10.0. The molecule has 6 nitrogen and oxygen atoms in total. The van der Waals surface area contributed by atoms with E-state index in [9.17, 15) is 19.8 Å². The number of carbonyl (C=O) groups is 2. The van der Waals surface area contributed by atoms with Gasteiger partial charge in [0, 0.05) is 18.2 Å². The van der Waals surface area contributed by atoms with Crippen LogP contribution in [0.25, 0.3) is 11.1 Å². The van der Waals surface area contributed by atoms with Gasteiger partial charge in [0.1, 0.15) is 17.1 Å². The molecule has 0 fully saturated rings. The third kappa shape index (κ3) is 3.11. The predicted molar refractivity (Wildman–Crippen MR) is 76.5 cm³/mol. The van der Waals surface area contributed by atoms with Crippen molar-refractivity contribution >= 4 is 17.6 Å². The Kier molecular flexibility index (Phi) is 3.80. The lowest BCUT2D eigenvalue weighted by molar-refractivity contribution is -0.114. The van der Waals surface area contributed by atoms with Gasteiger partial charge in [-0.25, -0.2) is 4.79 Å². The number of carboxylic acids is 1. The van der Waals surface area contributed by atoms with Gasteiger partial charge in [-0.05, 0) is 35.9 Å². The molecule has 2 aromatic carbocycles. The van der Waals surface area contributed by atoms with Crippen LogP contribution in [0.1, 0.15) is 17.3 Å². The van der Waals surface area contributed by atoms with Crippen molar-refractivity contribution in [3.63, 3.8) is 0 Å². The Labute approximate surface area is 120 Å². The van der Waals surface area contributed by atoms with Crippen LogP contribution in [0.2, 0.25) is 0 Å². The summed E-state index contributed by atoms with van der Waals surface area (Å²) in [5.74, 6) is -1.95. The standard InChI is InChI=1S/C15H13NO5/c1-8(17)16-10-3-5-13(18)11(7-10)9-2-4-14(19)12(6-9)15(20)21/h2-7,18-19H,1H3,(H,16,17)(H,20,21). The highest BCUT2D eigenvalue weighted by atomic mass is 16.4. The maximum absolute atomic E-state index is 11.0. The number of phenolic OH excluding ortho intramolecular Hbond substituents is 1. The largest absolute Gasteiger partial charge is 0.507 e. The van der Waals surface area contributed by atoms with E-state index in [0.717, 1.165) is 0 Å². The summed E-state index contributed by atoms with van der Waals surface area (Å²) in [6.45, 7) is 1.36. The number of amides is 1. The summed E-state index contributed by atoms with van der Waals surface area (Å²) in [7, 11) is 0. The van der Waals surface area contributed by atoms with Gasteiger partial charge in [-0.2, -0.15) is 0 Å². The van der Waals surface area contributed by atoms with Crippen molar-refractivity contribution in [3.05, 3.63) is 42.0 Å². The third-order valence-corrected chi connectivity index (χ3v) is 2.85. The minimum absolute atomic E-state index is 0.0638. The van der Waals surface area contributed by atoms with Crippen LogP contribution in [-0.2, 0) is 4.79 Å². The van der Waals surface area contributed by atoms with Gasteiger partial charge in [0.15, 0.2) is 0 Å². The summed E-state index contributed by atoms with van der Waals surface area (Å²) in [5.41, 5.74) is 0.968. The highest BCUT2D eigenvalue weighted by molar-refractivity contribution is 5.94. The van der Waals surface area contributed by atoms with Crippen molar-refractivity contribution in [2.75, 3.05) is 5.32 Å². The van der Waals surface area contributed by atoms with Crippen LogP contribution in [-0.4, -0.2) is 27.2 Å². The van der Waals surface area contributed by atoms with Crippen LogP contribution in [0.4, 0.5) is 5.69 Å². The Morgan fingerprint density at radius 1 is 1.00 bits per heavy atom. The van der Waals surface area contributed by atoms with Gasteiger partial charge in [-0.3, -0.25) is 4.79 Å². The molecule has 6 heteroatoms. The molecule has 2 aromatic rings. The zero-order valence-corrected chi connectivity index (χ0v) is 11.1. The number of phenols is 2. The third-order valence-electron chi connectivity index (χ3n) is 2.85. The Morgan fingerprint density at radius 2 is 1.67 bits per heavy atom. The molecule has 1 amide bonds. The summed E-state index contributed by atoms with van der Waals surface area (Å²) in [5, 5.41) is 31.0. The molecule has 0 aliphatic rings. The van der Waals surface area contributed by atoms with Crippen LogP contribution >= 0.6 is 0 Å². The van der Waals surface area contributed by atoms with E-state index in [4.69, 9.17) is 5.11 Å². The Hall–Kier alpha value is -3.02. The first-order chi connectivity index (χ1) is 9.88. The molecule has 0 radical (unpaired) electrons. The van der Waals surface area contributed by atoms with Gasteiger partial charge in [0.2, 0.25) is 5.91 Å². The maximum atomic E-state index is 11.0. The topological polar surface area (TPSA) is 107 Å². The lowest BCUT2D eigenvalue weighted by Crippen LogP contribution is -2.05. The summed E-state index contributed by atoms with van der Waals surface area (Å²) in [6.07, 6.45) is 0. The smallest absolute Gasteiger partial charge is 0.339 e. The molecule has 0 aliphatic carbocycles. The molecule has 0 heterocycles. The first kappa shape index (κ1) is 14.4. The van der Waals surface area contributed by atoms with E-state index in [1.54, 1.807) is 0 Å². The second-order valence-electron chi connectivity index (χ2n) is 4.45. The normalized spacial score (nSPS) is 10.1. The summed E-state index contributed by atoms with van der Waals surface area (Å²) < 4.78 is 0. The Bertz CT molecular complexity index is 724. The maximum Gasteiger partial charge on any atom is 0.339 e. The molecule has 0 atom stereocenters. The molecule has 0 spiro atoms. The molecule has 4 N–H and O–H groups in total. The lowest BCUT2D eigenvalue weighted by Gasteiger charge is -2.10. The molecule has 0 saturated carbocycles. The number of anilines is 1. The van der Waals surface area contributed by atoms with Crippen molar-refractivity contribution in [2.45, 2.75) is 6.92 Å². The minimum Gasteiger partial charge on any atom is -0.507 e. The molecule has 0 aromatic heterocycles. The van der Waals surface area contributed by atoms with Crippen LogP contribution in [0.5, 0.6) is 11.5 Å². The highest BCUT2D eigenvalue weighted by Gasteiger charge is 2.13. The fourth-order valence-electron chi connectivity index (χ4n) is 1.92. The molecule has 0 saturated heterocycles. The number of carboxylic acid groups (broad SMARTS) is 1. The summed E-state index contributed by atoms with van der Waals surface area (Å²) in [6, 6.07) is 8.42. The number of nitrogens with one attached hydrogen (secondary N) is 1. The van der Waals surface area contributed by atoms with Gasteiger partial charge in [0.25, 0.3) is 0 Å². The molecular weight excluding hydrogens is 274 g/mol. The minimum atomic E-state index is -1.27. The van der Waals surface area contributed by atoms with Gasteiger partial charge in [0.05, 0.1) is 0 Å². The Balaban J connectivity index is 2.53. The van der Waals surface area contributed by atoms with E-state index in [1.807, 2.05) is 0 Å². The Morgan fingerprint density at radius 3 is 2.29 bits per heavy atom. The van der Waals surface area contributed by atoms with Gasteiger partial charge < -0.3 is 20.6 Å². The van der Waals surface area contributed by atoms with Crippen molar-refractivity contribution < 1.29 is 24.9 Å².